The number of alkyl halides is 1. The van der Waals surface area contributed by atoms with Gasteiger partial charge in [-0.25, -0.2) is 4.98 Å². The van der Waals surface area contributed by atoms with E-state index in [1.54, 1.807) is 11.7 Å². The highest BCUT2D eigenvalue weighted by Gasteiger charge is 2.31. The summed E-state index contributed by atoms with van der Waals surface area (Å²) in [6, 6.07) is 5.03. The number of halogens is 1. The number of piperidine rings is 1. The van der Waals surface area contributed by atoms with Crippen molar-refractivity contribution < 1.29 is 14.3 Å². The van der Waals surface area contributed by atoms with Gasteiger partial charge in [-0.15, -0.1) is 11.6 Å². The highest BCUT2D eigenvalue weighted by molar-refractivity contribution is 6.17. The van der Waals surface area contributed by atoms with Crippen molar-refractivity contribution in [2.75, 3.05) is 7.11 Å². The Morgan fingerprint density at radius 1 is 1.48 bits per heavy atom. The topological polar surface area (TPSA) is 73.2 Å². The molecule has 1 N–H and O–H groups in total. The number of methoxy groups -OCH3 is 1. The second kappa shape index (κ2) is 5.37. The van der Waals surface area contributed by atoms with Crippen molar-refractivity contribution >= 4 is 34.4 Å². The number of imide groups is 1. The Hall–Kier alpha value is -2.08. The van der Waals surface area contributed by atoms with Crippen LogP contribution in [0.2, 0.25) is 0 Å². The standard InChI is InChI=1S/C14H14ClN3O3/c1-21-10-4-2-3-8-13(10)16-11(7-15)18(8)9-5-6-12(19)17-14(9)20/h2-4,9H,5-7H2,1H3,(H,17,19,20). The lowest BCUT2D eigenvalue weighted by Gasteiger charge is -2.24. The fourth-order valence-corrected chi connectivity index (χ4v) is 2.86. The third kappa shape index (κ3) is 2.25. The molecule has 110 valence electrons. The average molecular weight is 308 g/mol. The number of nitrogens with zero attached hydrogens (tertiary/aromatic N) is 2. The molecule has 1 aromatic carbocycles. The summed E-state index contributed by atoms with van der Waals surface area (Å²) in [6.45, 7) is 0. The predicted octanol–water partition coefficient (Wildman–Crippen LogP) is 1.76. The summed E-state index contributed by atoms with van der Waals surface area (Å²) in [7, 11) is 1.57. The van der Waals surface area contributed by atoms with Crippen LogP contribution < -0.4 is 10.1 Å². The van der Waals surface area contributed by atoms with Crippen molar-refractivity contribution in [2.24, 2.45) is 0 Å². The summed E-state index contributed by atoms with van der Waals surface area (Å²) in [5.74, 6) is 0.830. The van der Waals surface area contributed by atoms with Gasteiger partial charge in [-0.3, -0.25) is 14.9 Å². The number of benzene rings is 1. The number of hydrogen-bond donors (Lipinski definition) is 1. The third-order valence-electron chi connectivity index (χ3n) is 3.62. The number of hydrogen-bond acceptors (Lipinski definition) is 4. The van der Waals surface area contributed by atoms with Gasteiger partial charge in [0.15, 0.2) is 0 Å². The number of ether oxygens (including phenoxy) is 1. The number of carbonyl (C=O) groups excluding carboxylic acids is 2. The molecule has 0 saturated carbocycles. The number of amides is 2. The van der Waals surface area contributed by atoms with E-state index in [1.807, 2.05) is 18.2 Å². The molecular weight excluding hydrogens is 294 g/mol. The van der Waals surface area contributed by atoms with Gasteiger partial charge in [0.1, 0.15) is 23.1 Å². The van der Waals surface area contributed by atoms with E-state index in [2.05, 4.69) is 10.3 Å². The molecule has 2 aromatic rings. The quantitative estimate of drug-likeness (QED) is 0.693. The van der Waals surface area contributed by atoms with Crippen molar-refractivity contribution in [3.8, 4) is 5.75 Å². The molecule has 3 rings (SSSR count). The number of carbonyl (C=O) groups is 2. The van der Waals surface area contributed by atoms with Gasteiger partial charge < -0.3 is 9.30 Å². The Morgan fingerprint density at radius 2 is 2.29 bits per heavy atom. The molecule has 0 radical (unpaired) electrons. The maximum absolute atomic E-state index is 12.1. The molecule has 6 nitrogen and oxygen atoms in total. The molecule has 2 amide bonds. The maximum Gasteiger partial charge on any atom is 0.249 e. The van der Waals surface area contributed by atoms with Gasteiger partial charge in [0.25, 0.3) is 0 Å². The fourth-order valence-electron chi connectivity index (χ4n) is 2.67. The molecule has 7 heteroatoms. The van der Waals surface area contributed by atoms with Crippen molar-refractivity contribution in [2.45, 2.75) is 24.8 Å². The molecule has 0 spiro atoms. The average Bonchev–Trinajstić information content (AvgIpc) is 2.85. The van der Waals surface area contributed by atoms with E-state index in [0.29, 0.717) is 29.9 Å². The number of imidazole rings is 1. The van der Waals surface area contributed by atoms with Crippen LogP contribution in [0.1, 0.15) is 24.7 Å². The van der Waals surface area contributed by atoms with Crippen LogP contribution in [0.5, 0.6) is 5.75 Å². The molecular formula is C14H14ClN3O3. The molecule has 1 aliphatic heterocycles. The zero-order valence-electron chi connectivity index (χ0n) is 11.4. The van der Waals surface area contributed by atoms with Gasteiger partial charge in [-0.05, 0) is 18.6 Å². The first kappa shape index (κ1) is 13.9. The first-order chi connectivity index (χ1) is 10.2. The summed E-state index contributed by atoms with van der Waals surface area (Å²) in [4.78, 5) is 27.9. The molecule has 1 saturated heterocycles. The van der Waals surface area contributed by atoms with E-state index < -0.39 is 6.04 Å². The van der Waals surface area contributed by atoms with Crippen molar-refractivity contribution in [3.63, 3.8) is 0 Å². The van der Waals surface area contributed by atoms with Gasteiger partial charge in [-0.2, -0.15) is 0 Å². The van der Waals surface area contributed by atoms with E-state index in [4.69, 9.17) is 16.3 Å². The maximum atomic E-state index is 12.1. The monoisotopic (exact) mass is 307 g/mol. The first-order valence-corrected chi connectivity index (χ1v) is 7.12. The number of para-hydroxylation sites is 1. The van der Waals surface area contributed by atoms with Gasteiger partial charge in [0.2, 0.25) is 11.8 Å². The highest BCUT2D eigenvalue weighted by atomic mass is 35.5. The Morgan fingerprint density at radius 3 is 2.95 bits per heavy atom. The van der Waals surface area contributed by atoms with Gasteiger partial charge in [0.05, 0.1) is 18.5 Å². The number of rotatable bonds is 3. The number of nitrogens with one attached hydrogen (secondary N) is 1. The molecule has 1 atom stereocenters. The number of fused-ring (bicyclic) bond motifs is 1. The van der Waals surface area contributed by atoms with E-state index in [1.165, 1.54) is 0 Å². The van der Waals surface area contributed by atoms with Crippen LogP contribution in [0.15, 0.2) is 18.2 Å². The first-order valence-electron chi connectivity index (χ1n) is 6.59. The zero-order chi connectivity index (χ0) is 15.0. The van der Waals surface area contributed by atoms with Gasteiger partial charge >= 0.3 is 0 Å². The Kier molecular flexibility index (Phi) is 3.55. The highest BCUT2D eigenvalue weighted by Crippen LogP contribution is 2.31. The Balaban J connectivity index is 2.17. The molecule has 1 fully saturated rings. The van der Waals surface area contributed by atoms with Crippen LogP contribution >= 0.6 is 11.6 Å². The zero-order valence-corrected chi connectivity index (χ0v) is 12.2. The van der Waals surface area contributed by atoms with Crippen LogP contribution in [-0.2, 0) is 15.5 Å². The molecule has 1 aliphatic rings. The molecule has 0 bridgehead atoms. The third-order valence-corrected chi connectivity index (χ3v) is 3.86. The summed E-state index contributed by atoms with van der Waals surface area (Å²) in [5, 5.41) is 2.36. The lowest BCUT2D eigenvalue weighted by molar-refractivity contribution is -0.135. The summed E-state index contributed by atoms with van der Waals surface area (Å²) >= 11 is 5.97. The lowest BCUT2D eigenvalue weighted by atomic mass is 10.1. The van der Waals surface area contributed by atoms with E-state index in [-0.39, 0.29) is 17.7 Å². The van der Waals surface area contributed by atoms with Gasteiger partial charge in [0, 0.05) is 6.42 Å². The normalized spacial score (nSPS) is 18.9. The van der Waals surface area contributed by atoms with Crippen LogP contribution in [-0.4, -0.2) is 28.5 Å². The minimum absolute atomic E-state index is 0.176. The Bertz CT molecular complexity index is 726. The van der Waals surface area contributed by atoms with E-state index >= 15 is 0 Å². The summed E-state index contributed by atoms with van der Waals surface area (Å²) in [5.41, 5.74) is 1.44. The second-order valence-electron chi connectivity index (χ2n) is 4.83. The van der Waals surface area contributed by atoms with E-state index in [0.717, 1.165) is 5.52 Å². The summed E-state index contributed by atoms with van der Waals surface area (Å²) in [6.07, 6.45) is 0.749. The smallest absolute Gasteiger partial charge is 0.249 e. The Labute approximate surface area is 126 Å². The predicted molar refractivity (Wildman–Crippen MR) is 77.3 cm³/mol. The van der Waals surface area contributed by atoms with Crippen molar-refractivity contribution in [1.29, 1.82) is 0 Å². The van der Waals surface area contributed by atoms with Crippen molar-refractivity contribution in [1.82, 2.24) is 14.9 Å². The largest absolute Gasteiger partial charge is 0.494 e. The molecule has 2 heterocycles. The van der Waals surface area contributed by atoms with Crippen LogP contribution in [0.3, 0.4) is 0 Å². The minimum atomic E-state index is -0.478. The van der Waals surface area contributed by atoms with Crippen LogP contribution in [0.25, 0.3) is 11.0 Å². The molecule has 21 heavy (non-hydrogen) atoms. The van der Waals surface area contributed by atoms with Gasteiger partial charge in [-0.1, -0.05) is 6.07 Å². The molecule has 1 aromatic heterocycles. The second-order valence-corrected chi connectivity index (χ2v) is 5.09. The lowest BCUT2D eigenvalue weighted by Crippen LogP contribution is -2.42. The van der Waals surface area contributed by atoms with Crippen LogP contribution in [0, 0.1) is 0 Å². The summed E-state index contributed by atoms with van der Waals surface area (Å²) < 4.78 is 7.10. The fraction of sp³-hybridized carbons (Fsp3) is 0.357. The minimum Gasteiger partial charge on any atom is -0.494 e. The SMILES string of the molecule is COc1cccc2c1nc(CCl)n2C1CCC(=O)NC1=O. The molecule has 1 unspecified atom stereocenters. The molecule has 0 aliphatic carbocycles. The van der Waals surface area contributed by atoms with Crippen molar-refractivity contribution in [3.05, 3.63) is 24.0 Å². The number of aromatic nitrogens is 2. The van der Waals surface area contributed by atoms with E-state index in [9.17, 15) is 9.59 Å². The van der Waals surface area contributed by atoms with Crippen LogP contribution in [0.4, 0.5) is 0 Å².